The summed E-state index contributed by atoms with van der Waals surface area (Å²) >= 11 is 1.29. The molecule has 3 aromatic rings. The lowest BCUT2D eigenvalue weighted by Gasteiger charge is -2.28. The van der Waals surface area contributed by atoms with E-state index < -0.39 is 0 Å². The van der Waals surface area contributed by atoms with Crippen LogP contribution in [0.3, 0.4) is 0 Å². The molecule has 1 saturated heterocycles. The SMILES string of the molecule is Cc1cc(N)nc2sc(C(=O)NCCc3ccc(N4CCCCC4)cc3)c(N)c12. The summed E-state index contributed by atoms with van der Waals surface area (Å²) in [5, 5.41) is 3.81. The van der Waals surface area contributed by atoms with Crippen LogP contribution in [-0.2, 0) is 6.42 Å². The Morgan fingerprint density at radius 2 is 1.90 bits per heavy atom. The minimum atomic E-state index is -0.159. The van der Waals surface area contributed by atoms with Gasteiger partial charge in [0.1, 0.15) is 15.5 Å². The number of rotatable bonds is 5. The van der Waals surface area contributed by atoms with Crippen molar-refractivity contribution in [3.8, 4) is 0 Å². The van der Waals surface area contributed by atoms with Crippen LogP contribution in [0.25, 0.3) is 10.2 Å². The predicted octanol–water partition coefficient (Wildman–Crippen LogP) is 3.73. The highest BCUT2D eigenvalue weighted by molar-refractivity contribution is 7.21. The summed E-state index contributed by atoms with van der Waals surface area (Å²) in [7, 11) is 0. The molecule has 3 heterocycles. The smallest absolute Gasteiger partial charge is 0.263 e. The Labute approximate surface area is 174 Å². The molecule has 0 unspecified atom stereocenters. The summed E-state index contributed by atoms with van der Waals surface area (Å²) in [5.74, 6) is 0.282. The number of thiophene rings is 1. The molecule has 29 heavy (non-hydrogen) atoms. The van der Waals surface area contributed by atoms with Crippen LogP contribution in [0.5, 0.6) is 0 Å². The first-order chi connectivity index (χ1) is 14.0. The van der Waals surface area contributed by atoms with E-state index in [4.69, 9.17) is 11.5 Å². The number of nitrogen functional groups attached to an aromatic ring is 2. The number of aromatic nitrogens is 1. The lowest BCUT2D eigenvalue weighted by Crippen LogP contribution is -2.29. The first-order valence-electron chi connectivity index (χ1n) is 10.1. The number of hydrogen-bond acceptors (Lipinski definition) is 6. The molecule has 0 radical (unpaired) electrons. The minimum Gasteiger partial charge on any atom is -0.397 e. The van der Waals surface area contributed by atoms with Gasteiger partial charge in [-0.15, -0.1) is 11.3 Å². The van der Waals surface area contributed by atoms with Gasteiger partial charge in [0.15, 0.2) is 0 Å². The third-order valence-electron chi connectivity index (χ3n) is 5.48. The molecule has 6 nitrogen and oxygen atoms in total. The molecule has 152 valence electrons. The number of aryl methyl sites for hydroxylation is 1. The number of piperidine rings is 1. The third-order valence-corrected chi connectivity index (χ3v) is 6.58. The number of nitrogens with zero attached hydrogens (tertiary/aromatic N) is 2. The van der Waals surface area contributed by atoms with Gasteiger partial charge in [-0.05, 0) is 61.9 Å². The summed E-state index contributed by atoms with van der Waals surface area (Å²) in [5.41, 5.74) is 16.0. The van der Waals surface area contributed by atoms with Gasteiger partial charge in [-0.25, -0.2) is 4.98 Å². The van der Waals surface area contributed by atoms with Crippen LogP contribution in [-0.4, -0.2) is 30.5 Å². The van der Waals surface area contributed by atoms with Crippen LogP contribution in [0.4, 0.5) is 17.2 Å². The number of carbonyl (C=O) groups is 1. The Hall–Kier alpha value is -2.80. The Morgan fingerprint density at radius 3 is 2.62 bits per heavy atom. The van der Waals surface area contributed by atoms with E-state index in [0.717, 1.165) is 30.5 Å². The number of carbonyl (C=O) groups excluding carboxylic acids is 1. The van der Waals surface area contributed by atoms with Crippen LogP contribution in [0, 0.1) is 6.92 Å². The van der Waals surface area contributed by atoms with Gasteiger partial charge in [-0.1, -0.05) is 12.1 Å². The number of nitrogens with one attached hydrogen (secondary N) is 1. The minimum absolute atomic E-state index is 0.159. The number of fused-ring (bicyclic) bond motifs is 1. The number of benzene rings is 1. The number of hydrogen-bond donors (Lipinski definition) is 3. The third kappa shape index (κ3) is 4.15. The lowest BCUT2D eigenvalue weighted by molar-refractivity contribution is 0.0959. The second kappa shape index (κ2) is 8.29. The lowest BCUT2D eigenvalue weighted by atomic mass is 10.1. The van der Waals surface area contributed by atoms with Crippen molar-refractivity contribution in [3.63, 3.8) is 0 Å². The molecule has 1 amide bonds. The van der Waals surface area contributed by atoms with Crippen molar-refractivity contribution in [2.45, 2.75) is 32.6 Å². The molecular formula is C22H27N5OS. The van der Waals surface area contributed by atoms with Crippen molar-refractivity contribution < 1.29 is 4.79 Å². The Morgan fingerprint density at radius 1 is 1.17 bits per heavy atom. The topological polar surface area (TPSA) is 97.3 Å². The number of pyridine rings is 1. The molecule has 0 saturated carbocycles. The van der Waals surface area contributed by atoms with Gasteiger partial charge >= 0.3 is 0 Å². The predicted molar refractivity (Wildman–Crippen MR) is 122 cm³/mol. The molecule has 0 atom stereocenters. The van der Waals surface area contributed by atoms with E-state index in [2.05, 4.69) is 39.5 Å². The van der Waals surface area contributed by atoms with Crippen LogP contribution in [0.15, 0.2) is 30.3 Å². The molecule has 2 aromatic heterocycles. The van der Waals surface area contributed by atoms with Gasteiger partial charge in [0.05, 0.1) is 5.69 Å². The molecule has 1 aliphatic heterocycles. The van der Waals surface area contributed by atoms with Gasteiger partial charge in [0.2, 0.25) is 0 Å². The number of amides is 1. The molecular weight excluding hydrogens is 382 g/mol. The number of anilines is 3. The van der Waals surface area contributed by atoms with E-state index in [0.29, 0.717) is 27.8 Å². The summed E-state index contributed by atoms with van der Waals surface area (Å²) in [6, 6.07) is 10.5. The molecule has 0 aliphatic carbocycles. The van der Waals surface area contributed by atoms with Crippen molar-refractivity contribution in [2.24, 2.45) is 0 Å². The maximum atomic E-state index is 12.6. The van der Waals surface area contributed by atoms with Gasteiger partial charge in [0, 0.05) is 30.7 Å². The average Bonchev–Trinajstić information content (AvgIpc) is 3.05. The van der Waals surface area contributed by atoms with E-state index in [-0.39, 0.29) is 5.91 Å². The Kier molecular flexibility index (Phi) is 5.58. The number of nitrogens with two attached hydrogens (primary N) is 2. The second-order valence-corrected chi connectivity index (χ2v) is 8.61. The zero-order valence-electron chi connectivity index (χ0n) is 16.7. The standard InChI is InChI=1S/C22H27N5OS/c1-14-13-17(23)26-22-18(14)19(24)20(29-22)21(28)25-10-9-15-5-7-16(8-6-15)27-11-3-2-4-12-27/h5-8,13H,2-4,9-12,24H2,1H3,(H2,23,26)(H,25,28). The first kappa shape index (κ1) is 19.5. The van der Waals surface area contributed by atoms with E-state index in [9.17, 15) is 4.79 Å². The monoisotopic (exact) mass is 409 g/mol. The maximum Gasteiger partial charge on any atom is 0.263 e. The second-order valence-electron chi connectivity index (χ2n) is 7.61. The molecule has 5 N–H and O–H groups in total. The molecule has 1 aromatic carbocycles. The van der Waals surface area contributed by atoms with E-state index >= 15 is 0 Å². The summed E-state index contributed by atoms with van der Waals surface area (Å²) in [6.45, 7) is 4.78. The normalized spacial score (nSPS) is 14.3. The maximum absolute atomic E-state index is 12.6. The quantitative estimate of drug-likeness (QED) is 0.596. The van der Waals surface area contributed by atoms with Crippen molar-refractivity contribution >= 4 is 44.7 Å². The van der Waals surface area contributed by atoms with Crippen LogP contribution in [0.1, 0.15) is 40.1 Å². The molecule has 0 bridgehead atoms. The fourth-order valence-corrected chi connectivity index (χ4v) is 5.02. The average molecular weight is 410 g/mol. The van der Waals surface area contributed by atoms with Crippen molar-refractivity contribution in [3.05, 3.63) is 46.3 Å². The van der Waals surface area contributed by atoms with E-state index in [1.54, 1.807) is 6.07 Å². The van der Waals surface area contributed by atoms with Crippen molar-refractivity contribution in [1.29, 1.82) is 0 Å². The van der Waals surface area contributed by atoms with Gasteiger partial charge in [-0.2, -0.15) is 0 Å². The first-order valence-corrected chi connectivity index (χ1v) is 10.9. The molecule has 0 spiro atoms. The van der Waals surface area contributed by atoms with Gasteiger partial charge in [-0.3, -0.25) is 4.79 Å². The highest BCUT2D eigenvalue weighted by atomic mass is 32.1. The van der Waals surface area contributed by atoms with Crippen LogP contribution < -0.4 is 21.7 Å². The van der Waals surface area contributed by atoms with Crippen molar-refractivity contribution in [1.82, 2.24) is 10.3 Å². The Bertz CT molecular complexity index is 1020. The fourth-order valence-electron chi connectivity index (χ4n) is 3.93. The van der Waals surface area contributed by atoms with Crippen LogP contribution in [0.2, 0.25) is 0 Å². The fraction of sp³-hybridized carbons (Fsp3) is 0.364. The zero-order valence-corrected chi connectivity index (χ0v) is 17.5. The van der Waals surface area contributed by atoms with Crippen molar-refractivity contribution in [2.75, 3.05) is 36.0 Å². The summed E-state index contributed by atoms with van der Waals surface area (Å²) < 4.78 is 0. The highest BCUT2D eigenvalue weighted by Crippen LogP contribution is 2.35. The summed E-state index contributed by atoms with van der Waals surface area (Å²) in [6.07, 6.45) is 4.66. The van der Waals surface area contributed by atoms with E-state index in [1.165, 1.54) is 41.9 Å². The zero-order chi connectivity index (χ0) is 20.4. The molecule has 1 aliphatic rings. The summed E-state index contributed by atoms with van der Waals surface area (Å²) in [4.78, 5) is 20.6. The molecule has 1 fully saturated rings. The van der Waals surface area contributed by atoms with E-state index in [1.807, 2.05) is 6.92 Å². The highest BCUT2D eigenvalue weighted by Gasteiger charge is 2.19. The van der Waals surface area contributed by atoms with Crippen LogP contribution >= 0.6 is 11.3 Å². The van der Waals surface area contributed by atoms with Gasteiger partial charge < -0.3 is 21.7 Å². The largest absolute Gasteiger partial charge is 0.397 e. The van der Waals surface area contributed by atoms with Gasteiger partial charge in [0.25, 0.3) is 5.91 Å². The Balaban J connectivity index is 1.37. The molecule has 4 rings (SSSR count). The molecule has 7 heteroatoms.